The first-order chi connectivity index (χ1) is 8.63. The van der Waals surface area contributed by atoms with Crippen LogP contribution in [-0.4, -0.2) is 26.4 Å². The maximum atomic E-state index is 6.26. The van der Waals surface area contributed by atoms with Gasteiger partial charge < -0.3 is 19.9 Å². The first-order valence-corrected chi connectivity index (χ1v) is 6.31. The lowest BCUT2D eigenvalue weighted by molar-refractivity contribution is 0.0436. The second kappa shape index (κ2) is 5.59. The summed E-state index contributed by atoms with van der Waals surface area (Å²) in [5.41, 5.74) is 7.28. The number of rotatable bonds is 4. The van der Waals surface area contributed by atoms with Crippen molar-refractivity contribution in [2.75, 3.05) is 20.3 Å². The molecule has 1 aliphatic rings. The molecule has 0 fully saturated rings. The quantitative estimate of drug-likeness (QED) is 0.890. The maximum absolute atomic E-state index is 6.26. The highest BCUT2D eigenvalue weighted by Crippen LogP contribution is 2.33. The van der Waals surface area contributed by atoms with Crippen molar-refractivity contribution in [2.24, 2.45) is 11.7 Å². The van der Waals surface area contributed by atoms with Crippen molar-refractivity contribution in [1.82, 2.24) is 0 Å². The summed E-state index contributed by atoms with van der Waals surface area (Å²) in [6, 6.07) is 5.68. The van der Waals surface area contributed by atoms with Crippen molar-refractivity contribution >= 4 is 0 Å². The van der Waals surface area contributed by atoms with Gasteiger partial charge in [-0.25, -0.2) is 0 Å². The van der Waals surface area contributed by atoms with Crippen LogP contribution in [0.4, 0.5) is 0 Å². The fraction of sp³-hybridized carbons (Fsp3) is 0.571. The monoisotopic (exact) mass is 251 g/mol. The summed E-state index contributed by atoms with van der Waals surface area (Å²) >= 11 is 0. The first-order valence-electron chi connectivity index (χ1n) is 6.31. The van der Waals surface area contributed by atoms with E-state index in [0.29, 0.717) is 19.1 Å². The van der Waals surface area contributed by atoms with Gasteiger partial charge in [0.15, 0.2) is 11.5 Å². The van der Waals surface area contributed by atoms with Gasteiger partial charge >= 0.3 is 0 Å². The normalized spacial score (nSPS) is 17.6. The fourth-order valence-corrected chi connectivity index (χ4v) is 2.29. The van der Waals surface area contributed by atoms with Crippen molar-refractivity contribution in [3.05, 3.63) is 23.8 Å². The molecule has 1 aliphatic heterocycles. The van der Waals surface area contributed by atoms with Crippen LogP contribution < -0.4 is 15.2 Å². The van der Waals surface area contributed by atoms with Gasteiger partial charge in [-0.15, -0.1) is 0 Å². The molecule has 0 saturated heterocycles. The molecule has 0 aromatic heterocycles. The van der Waals surface area contributed by atoms with Crippen LogP contribution in [0.3, 0.4) is 0 Å². The van der Waals surface area contributed by atoms with Crippen molar-refractivity contribution in [3.63, 3.8) is 0 Å². The number of nitrogens with two attached hydrogens (primary N) is 1. The van der Waals surface area contributed by atoms with Crippen molar-refractivity contribution in [3.8, 4) is 11.5 Å². The molecule has 0 aliphatic carbocycles. The van der Waals surface area contributed by atoms with Gasteiger partial charge in [0.05, 0.1) is 12.1 Å². The fourth-order valence-electron chi connectivity index (χ4n) is 2.29. The standard InChI is InChI=1S/C14H21NO3/c1-9(2)14(16-3)13(15)10-4-5-11-12(8-10)18-7-6-17-11/h4-5,8-9,13-14H,6-7,15H2,1-3H3. The number of ether oxygens (including phenoxy) is 3. The summed E-state index contributed by atoms with van der Waals surface area (Å²) in [4.78, 5) is 0. The van der Waals surface area contributed by atoms with Gasteiger partial charge in [-0.05, 0) is 23.6 Å². The minimum atomic E-state index is -0.161. The summed E-state index contributed by atoms with van der Waals surface area (Å²) in [5, 5.41) is 0. The van der Waals surface area contributed by atoms with Crippen molar-refractivity contribution in [1.29, 1.82) is 0 Å². The molecular formula is C14H21NO3. The zero-order valence-corrected chi connectivity index (χ0v) is 11.2. The second-order valence-corrected chi connectivity index (χ2v) is 4.87. The van der Waals surface area contributed by atoms with E-state index in [9.17, 15) is 0 Å². The molecule has 4 heteroatoms. The third-order valence-corrected chi connectivity index (χ3v) is 3.23. The van der Waals surface area contributed by atoms with E-state index in [0.717, 1.165) is 17.1 Å². The molecule has 0 saturated carbocycles. The van der Waals surface area contributed by atoms with E-state index in [1.165, 1.54) is 0 Å². The van der Waals surface area contributed by atoms with E-state index in [1.807, 2.05) is 18.2 Å². The lowest BCUT2D eigenvalue weighted by Crippen LogP contribution is -2.32. The van der Waals surface area contributed by atoms with Crippen LogP contribution in [0.5, 0.6) is 11.5 Å². The number of hydrogen-bond donors (Lipinski definition) is 1. The average molecular weight is 251 g/mol. The van der Waals surface area contributed by atoms with Crippen LogP contribution in [0.2, 0.25) is 0 Å². The first kappa shape index (κ1) is 13.2. The molecule has 1 aromatic rings. The van der Waals surface area contributed by atoms with Gasteiger partial charge in [-0.3, -0.25) is 0 Å². The number of benzene rings is 1. The molecule has 18 heavy (non-hydrogen) atoms. The SMILES string of the molecule is COC(C(C)C)C(N)c1ccc2c(c1)OCCO2. The van der Waals surface area contributed by atoms with Gasteiger partial charge in [-0.1, -0.05) is 19.9 Å². The number of hydrogen-bond acceptors (Lipinski definition) is 4. The van der Waals surface area contributed by atoms with E-state index < -0.39 is 0 Å². The Bertz CT molecular complexity index is 406. The van der Waals surface area contributed by atoms with Crippen molar-refractivity contribution < 1.29 is 14.2 Å². The molecule has 2 unspecified atom stereocenters. The average Bonchev–Trinajstić information content (AvgIpc) is 2.38. The third kappa shape index (κ3) is 2.60. The molecule has 0 spiro atoms. The molecule has 1 heterocycles. The van der Waals surface area contributed by atoms with Crippen LogP contribution in [0.25, 0.3) is 0 Å². The van der Waals surface area contributed by atoms with E-state index in [1.54, 1.807) is 7.11 Å². The number of methoxy groups -OCH3 is 1. The molecule has 2 rings (SSSR count). The highest BCUT2D eigenvalue weighted by Gasteiger charge is 2.24. The number of fused-ring (bicyclic) bond motifs is 1. The molecule has 0 amide bonds. The topological polar surface area (TPSA) is 53.7 Å². The molecule has 0 bridgehead atoms. The Labute approximate surface area is 108 Å². The van der Waals surface area contributed by atoms with E-state index in [2.05, 4.69) is 13.8 Å². The summed E-state index contributed by atoms with van der Waals surface area (Å²) in [7, 11) is 1.70. The van der Waals surface area contributed by atoms with Gasteiger partial charge in [0.1, 0.15) is 13.2 Å². The van der Waals surface area contributed by atoms with E-state index >= 15 is 0 Å². The lowest BCUT2D eigenvalue weighted by Gasteiger charge is -2.27. The predicted octanol–water partition coefficient (Wildman–Crippen LogP) is 2.13. The Morgan fingerprint density at radius 2 is 1.83 bits per heavy atom. The van der Waals surface area contributed by atoms with Gasteiger partial charge in [0, 0.05) is 7.11 Å². The smallest absolute Gasteiger partial charge is 0.161 e. The predicted molar refractivity (Wildman–Crippen MR) is 70.0 cm³/mol. The third-order valence-electron chi connectivity index (χ3n) is 3.23. The Morgan fingerprint density at radius 3 is 2.44 bits per heavy atom. The Hall–Kier alpha value is -1.26. The highest BCUT2D eigenvalue weighted by atomic mass is 16.6. The van der Waals surface area contributed by atoms with Crippen LogP contribution in [0.1, 0.15) is 25.5 Å². The minimum absolute atomic E-state index is 0.00689. The maximum Gasteiger partial charge on any atom is 0.161 e. The Morgan fingerprint density at radius 1 is 1.17 bits per heavy atom. The van der Waals surface area contributed by atoms with Crippen LogP contribution in [-0.2, 0) is 4.74 Å². The zero-order valence-electron chi connectivity index (χ0n) is 11.2. The summed E-state index contributed by atoms with van der Waals surface area (Å²) in [5.74, 6) is 1.92. The van der Waals surface area contributed by atoms with Gasteiger partial charge in [0.25, 0.3) is 0 Å². The van der Waals surface area contributed by atoms with Gasteiger partial charge in [-0.2, -0.15) is 0 Å². The van der Waals surface area contributed by atoms with Crippen molar-refractivity contribution in [2.45, 2.75) is 26.0 Å². The summed E-state index contributed by atoms with van der Waals surface area (Å²) < 4.78 is 16.5. The van der Waals surface area contributed by atoms with Gasteiger partial charge in [0.2, 0.25) is 0 Å². The molecular weight excluding hydrogens is 230 g/mol. The molecule has 0 radical (unpaired) electrons. The molecule has 100 valence electrons. The lowest BCUT2D eigenvalue weighted by atomic mass is 9.94. The van der Waals surface area contributed by atoms with Crippen LogP contribution in [0, 0.1) is 5.92 Å². The largest absolute Gasteiger partial charge is 0.486 e. The van der Waals surface area contributed by atoms with E-state index in [-0.39, 0.29) is 12.1 Å². The molecule has 2 atom stereocenters. The highest BCUT2D eigenvalue weighted by molar-refractivity contribution is 5.44. The summed E-state index contributed by atoms with van der Waals surface area (Å²) in [6.45, 7) is 5.40. The van der Waals surface area contributed by atoms with Crippen LogP contribution in [0.15, 0.2) is 18.2 Å². The molecule has 1 aromatic carbocycles. The van der Waals surface area contributed by atoms with Crippen LogP contribution >= 0.6 is 0 Å². The minimum Gasteiger partial charge on any atom is -0.486 e. The zero-order chi connectivity index (χ0) is 13.1. The molecule has 2 N–H and O–H groups in total. The van der Waals surface area contributed by atoms with E-state index in [4.69, 9.17) is 19.9 Å². The second-order valence-electron chi connectivity index (χ2n) is 4.87. The Kier molecular flexibility index (Phi) is 4.09. The summed E-state index contributed by atoms with van der Waals surface area (Å²) in [6.07, 6.45) is -0.00689. The Balaban J connectivity index is 2.22. The molecule has 4 nitrogen and oxygen atoms in total.